The van der Waals surface area contributed by atoms with Gasteiger partial charge in [-0.1, -0.05) is 18.2 Å². The van der Waals surface area contributed by atoms with Crippen LogP contribution in [0.3, 0.4) is 0 Å². The summed E-state index contributed by atoms with van der Waals surface area (Å²) in [4.78, 5) is 25.2. The molecule has 2 amide bonds. The lowest BCUT2D eigenvalue weighted by atomic mass is 9.97. The normalized spacial score (nSPS) is 18.0. The number of nitrogens with zero attached hydrogens (tertiary/aromatic N) is 3. The van der Waals surface area contributed by atoms with Crippen molar-refractivity contribution in [2.24, 2.45) is 11.7 Å². The Morgan fingerprint density at radius 1 is 1.25 bits per heavy atom. The van der Waals surface area contributed by atoms with E-state index in [1.165, 1.54) is 6.08 Å². The number of amides is 2. The Kier molecular flexibility index (Phi) is 4.74. The monoisotopic (exact) mass is 324 g/mol. The molecule has 2 heterocycles. The van der Waals surface area contributed by atoms with E-state index in [1.807, 2.05) is 36.5 Å². The first kappa shape index (κ1) is 16.0. The molecule has 1 saturated heterocycles. The fourth-order valence-electron chi connectivity index (χ4n) is 2.83. The number of aromatic nitrogens is 2. The van der Waals surface area contributed by atoms with E-state index in [1.54, 1.807) is 21.9 Å². The molecule has 2 N–H and O–H groups in total. The van der Waals surface area contributed by atoms with Crippen LogP contribution in [0.5, 0.6) is 0 Å². The number of nitrogens with two attached hydrogens (primary N) is 1. The van der Waals surface area contributed by atoms with Gasteiger partial charge >= 0.3 is 0 Å². The van der Waals surface area contributed by atoms with Crippen LogP contribution in [-0.2, 0) is 9.59 Å². The van der Waals surface area contributed by atoms with Crippen molar-refractivity contribution in [3.63, 3.8) is 0 Å². The molecule has 0 aliphatic carbocycles. The Morgan fingerprint density at radius 3 is 2.79 bits per heavy atom. The molecule has 1 atom stereocenters. The quantitative estimate of drug-likeness (QED) is 0.868. The van der Waals surface area contributed by atoms with Crippen molar-refractivity contribution in [2.75, 3.05) is 13.1 Å². The van der Waals surface area contributed by atoms with E-state index in [2.05, 4.69) is 5.10 Å². The summed E-state index contributed by atoms with van der Waals surface area (Å²) in [5.41, 5.74) is 7.15. The lowest BCUT2D eigenvalue weighted by Gasteiger charge is -2.30. The van der Waals surface area contributed by atoms with Gasteiger partial charge in [0.1, 0.15) is 0 Å². The van der Waals surface area contributed by atoms with Crippen LogP contribution in [0.1, 0.15) is 18.4 Å². The fraction of sp³-hybridized carbons (Fsp3) is 0.278. The fourth-order valence-corrected chi connectivity index (χ4v) is 2.83. The van der Waals surface area contributed by atoms with Crippen LogP contribution in [0.2, 0.25) is 0 Å². The maximum absolute atomic E-state index is 12.3. The average Bonchev–Trinajstić information content (AvgIpc) is 3.09. The first-order valence-electron chi connectivity index (χ1n) is 8.00. The molecule has 1 aromatic carbocycles. The number of rotatable bonds is 4. The van der Waals surface area contributed by atoms with E-state index in [-0.39, 0.29) is 17.7 Å². The van der Waals surface area contributed by atoms with Crippen molar-refractivity contribution < 1.29 is 9.59 Å². The topological polar surface area (TPSA) is 81.2 Å². The largest absolute Gasteiger partial charge is 0.369 e. The van der Waals surface area contributed by atoms with E-state index >= 15 is 0 Å². The number of hydrogen-bond donors (Lipinski definition) is 1. The lowest BCUT2D eigenvalue weighted by molar-refractivity contribution is -0.130. The summed E-state index contributed by atoms with van der Waals surface area (Å²) in [6, 6.07) is 9.76. The molecule has 0 saturated carbocycles. The summed E-state index contributed by atoms with van der Waals surface area (Å²) in [5.74, 6) is -0.675. The molecule has 2 aromatic rings. The van der Waals surface area contributed by atoms with Gasteiger partial charge in [0.05, 0.1) is 17.8 Å². The Hall–Kier alpha value is -2.89. The smallest absolute Gasteiger partial charge is 0.246 e. The third-order valence-electron chi connectivity index (χ3n) is 4.18. The van der Waals surface area contributed by atoms with Crippen LogP contribution in [0.15, 0.2) is 48.8 Å². The lowest BCUT2D eigenvalue weighted by Crippen LogP contribution is -2.43. The first-order chi connectivity index (χ1) is 11.6. The molecule has 6 heteroatoms. The third-order valence-corrected chi connectivity index (χ3v) is 4.18. The molecule has 124 valence electrons. The summed E-state index contributed by atoms with van der Waals surface area (Å²) in [7, 11) is 0. The average molecular weight is 324 g/mol. The number of hydrogen-bond acceptors (Lipinski definition) is 3. The van der Waals surface area contributed by atoms with Gasteiger partial charge in [-0.3, -0.25) is 9.59 Å². The molecule has 1 aliphatic heterocycles. The van der Waals surface area contributed by atoms with Crippen molar-refractivity contribution in [3.05, 3.63) is 54.4 Å². The van der Waals surface area contributed by atoms with Crippen molar-refractivity contribution >= 4 is 17.9 Å². The van der Waals surface area contributed by atoms with E-state index in [0.717, 1.165) is 24.1 Å². The molecule has 1 fully saturated rings. The number of para-hydroxylation sites is 1. The molecular formula is C18H20N4O2. The number of carbonyl (C=O) groups excluding carboxylic acids is 2. The van der Waals surface area contributed by atoms with Crippen LogP contribution in [0.25, 0.3) is 11.8 Å². The Labute approximate surface area is 140 Å². The third kappa shape index (κ3) is 3.71. The van der Waals surface area contributed by atoms with Gasteiger partial charge in [-0.15, -0.1) is 0 Å². The second-order valence-electron chi connectivity index (χ2n) is 5.91. The van der Waals surface area contributed by atoms with Gasteiger partial charge in [-0.25, -0.2) is 4.68 Å². The predicted octanol–water partition coefficient (Wildman–Crippen LogP) is 1.61. The van der Waals surface area contributed by atoms with E-state index in [9.17, 15) is 9.59 Å². The SMILES string of the molecule is NC(=O)C1CCCN(C(=O)/C=C/c2cnn(-c3ccccc3)c2)C1. The van der Waals surface area contributed by atoms with Crippen molar-refractivity contribution in [1.82, 2.24) is 14.7 Å². The molecule has 6 nitrogen and oxygen atoms in total. The predicted molar refractivity (Wildman–Crippen MR) is 91.1 cm³/mol. The van der Waals surface area contributed by atoms with Crippen LogP contribution in [-0.4, -0.2) is 39.6 Å². The number of benzene rings is 1. The second kappa shape index (κ2) is 7.12. The molecule has 1 unspecified atom stereocenters. The minimum absolute atomic E-state index is 0.103. The van der Waals surface area contributed by atoms with Gasteiger partial charge in [0.2, 0.25) is 11.8 Å². The number of carbonyl (C=O) groups is 2. The Morgan fingerprint density at radius 2 is 2.04 bits per heavy atom. The minimum atomic E-state index is -0.333. The van der Waals surface area contributed by atoms with Crippen molar-refractivity contribution in [3.8, 4) is 5.69 Å². The van der Waals surface area contributed by atoms with E-state index in [0.29, 0.717) is 13.1 Å². The zero-order valence-corrected chi connectivity index (χ0v) is 13.3. The first-order valence-corrected chi connectivity index (χ1v) is 8.00. The van der Waals surface area contributed by atoms with Crippen LogP contribution < -0.4 is 5.73 Å². The molecular weight excluding hydrogens is 304 g/mol. The molecule has 1 aromatic heterocycles. The van der Waals surface area contributed by atoms with Gasteiger partial charge < -0.3 is 10.6 Å². The molecule has 0 bridgehead atoms. The van der Waals surface area contributed by atoms with E-state index in [4.69, 9.17) is 5.73 Å². The number of primary amides is 1. The highest BCUT2D eigenvalue weighted by Gasteiger charge is 2.25. The van der Waals surface area contributed by atoms with E-state index < -0.39 is 0 Å². The van der Waals surface area contributed by atoms with Gasteiger partial charge in [-0.2, -0.15) is 5.10 Å². The Balaban J connectivity index is 1.64. The molecule has 1 aliphatic rings. The van der Waals surface area contributed by atoms with Crippen molar-refractivity contribution in [1.29, 1.82) is 0 Å². The van der Waals surface area contributed by atoms with Crippen LogP contribution in [0.4, 0.5) is 0 Å². The van der Waals surface area contributed by atoms with Gasteiger partial charge in [0.15, 0.2) is 0 Å². The standard InChI is InChI=1S/C18H20N4O2/c19-18(24)15-5-4-10-21(13-15)17(23)9-8-14-11-20-22(12-14)16-6-2-1-3-7-16/h1-3,6-9,11-12,15H,4-5,10,13H2,(H2,19,24)/b9-8+. The summed E-state index contributed by atoms with van der Waals surface area (Å²) in [6.07, 6.45) is 8.39. The minimum Gasteiger partial charge on any atom is -0.369 e. The summed E-state index contributed by atoms with van der Waals surface area (Å²) in [5, 5.41) is 4.29. The maximum Gasteiger partial charge on any atom is 0.246 e. The molecule has 0 spiro atoms. The Bertz CT molecular complexity index is 751. The second-order valence-corrected chi connectivity index (χ2v) is 5.91. The highest BCUT2D eigenvalue weighted by Crippen LogP contribution is 2.16. The zero-order valence-electron chi connectivity index (χ0n) is 13.3. The summed E-state index contributed by atoms with van der Waals surface area (Å²) >= 11 is 0. The summed E-state index contributed by atoms with van der Waals surface area (Å²) < 4.78 is 1.76. The molecule has 0 radical (unpaired) electrons. The van der Waals surface area contributed by atoms with Crippen LogP contribution >= 0.6 is 0 Å². The van der Waals surface area contributed by atoms with Crippen molar-refractivity contribution in [2.45, 2.75) is 12.8 Å². The molecule has 3 rings (SSSR count). The zero-order chi connectivity index (χ0) is 16.9. The molecule has 24 heavy (non-hydrogen) atoms. The highest BCUT2D eigenvalue weighted by molar-refractivity contribution is 5.92. The number of piperidine rings is 1. The number of likely N-dealkylation sites (tertiary alicyclic amines) is 1. The highest BCUT2D eigenvalue weighted by atomic mass is 16.2. The van der Waals surface area contributed by atoms with Gasteiger partial charge in [0.25, 0.3) is 0 Å². The summed E-state index contributed by atoms with van der Waals surface area (Å²) in [6.45, 7) is 1.07. The van der Waals surface area contributed by atoms with Crippen LogP contribution in [0, 0.1) is 5.92 Å². The maximum atomic E-state index is 12.3. The van der Waals surface area contributed by atoms with Gasteiger partial charge in [-0.05, 0) is 31.1 Å². The van der Waals surface area contributed by atoms with Gasteiger partial charge in [0, 0.05) is 30.9 Å².